The van der Waals surface area contributed by atoms with E-state index in [1.807, 2.05) is 12.1 Å². The van der Waals surface area contributed by atoms with Crippen molar-refractivity contribution in [2.45, 2.75) is 0 Å². The van der Waals surface area contributed by atoms with Gasteiger partial charge >= 0.3 is 0 Å². The maximum Gasteiger partial charge on any atom is 0.249 e. The predicted octanol–water partition coefficient (Wildman–Crippen LogP) is 1.67. The van der Waals surface area contributed by atoms with Crippen LogP contribution < -0.4 is 5.32 Å². The number of aromatic nitrogens is 1. The molecule has 1 amide bonds. The predicted molar refractivity (Wildman–Crippen MR) is 77.0 cm³/mol. The highest BCUT2D eigenvalue weighted by molar-refractivity contribution is 9.10. The average Bonchev–Trinajstić information content (AvgIpc) is 2.43. The van der Waals surface area contributed by atoms with Crippen molar-refractivity contribution in [2.75, 3.05) is 38.2 Å². The number of pyridine rings is 1. The molecule has 1 aromatic heterocycles. The number of hydrogen-bond donors (Lipinski definition) is 1. The fourth-order valence-corrected chi connectivity index (χ4v) is 1.94. The largest absolute Gasteiger partial charge is 0.379 e. The average molecular weight is 326 g/mol. The standard InChI is InChI=1S/C13H16BrN3O2/c14-11-3-4-12(15-10-11)16-13(18)2-1-5-17-6-8-19-9-7-17/h1-4,10H,5-9H2,(H,15,16,18)/b2-1+. The minimum atomic E-state index is -0.164. The van der Waals surface area contributed by atoms with Gasteiger partial charge in [0, 0.05) is 36.4 Å². The van der Waals surface area contributed by atoms with Crippen molar-refractivity contribution in [3.05, 3.63) is 35.0 Å². The fourth-order valence-electron chi connectivity index (χ4n) is 1.71. The number of ether oxygens (including phenoxy) is 1. The molecule has 19 heavy (non-hydrogen) atoms. The van der Waals surface area contributed by atoms with Crippen LogP contribution >= 0.6 is 15.9 Å². The number of anilines is 1. The molecule has 2 rings (SSSR count). The van der Waals surface area contributed by atoms with Gasteiger partial charge < -0.3 is 10.1 Å². The molecule has 1 aromatic rings. The maximum atomic E-state index is 11.6. The second kappa shape index (κ2) is 7.37. The number of carbonyl (C=O) groups is 1. The molecular formula is C13H16BrN3O2. The van der Waals surface area contributed by atoms with Crippen molar-refractivity contribution in [3.63, 3.8) is 0 Å². The molecule has 0 unspecified atom stereocenters. The van der Waals surface area contributed by atoms with Gasteiger partial charge in [-0.2, -0.15) is 0 Å². The van der Waals surface area contributed by atoms with E-state index < -0.39 is 0 Å². The maximum absolute atomic E-state index is 11.6. The number of nitrogens with one attached hydrogen (secondary N) is 1. The Balaban J connectivity index is 1.75. The molecule has 6 heteroatoms. The normalized spacial score (nSPS) is 16.7. The highest BCUT2D eigenvalue weighted by Gasteiger charge is 2.07. The minimum Gasteiger partial charge on any atom is -0.379 e. The van der Waals surface area contributed by atoms with Gasteiger partial charge in [-0.25, -0.2) is 4.98 Å². The first-order valence-corrected chi connectivity index (χ1v) is 6.92. The molecule has 2 heterocycles. The summed E-state index contributed by atoms with van der Waals surface area (Å²) in [7, 11) is 0. The lowest BCUT2D eigenvalue weighted by Gasteiger charge is -2.24. The zero-order chi connectivity index (χ0) is 13.5. The Kier molecular flexibility index (Phi) is 5.50. The van der Waals surface area contributed by atoms with E-state index in [9.17, 15) is 4.79 Å². The van der Waals surface area contributed by atoms with E-state index in [4.69, 9.17) is 4.74 Å². The van der Waals surface area contributed by atoms with Crippen LogP contribution in [-0.4, -0.2) is 48.6 Å². The third-order valence-corrected chi connectivity index (χ3v) is 3.18. The van der Waals surface area contributed by atoms with Crippen molar-refractivity contribution in [1.29, 1.82) is 0 Å². The molecule has 0 aliphatic carbocycles. The molecule has 0 atom stereocenters. The van der Waals surface area contributed by atoms with Crippen molar-refractivity contribution in [1.82, 2.24) is 9.88 Å². The molecule has 1 fully saturated rings. The summed E-state index contributed by atoms with van der Waals surface area (Å²) < 4.78 is 6.14. The van der Waals surface area contributed by atoms with Crippen molar-refractivity contribution >= 4 is 27.7 Å². The molecule has 102 valence electrons. The highest BCUT2D eigenvalue weighted by atomic mass is 79.9. The second-order valence-corrected chi connectivity index (χ2v) is 5.08. The van der Waals surface area contributed by atoms with E-state index >= 15 is 0 Å². The molecule has 0 bridgehead atoms. The Labute approximate surface area is 120 Å². The molecule has 0 radical (unpaired) electrons. The molecule has 1 aliphatic heterocycles. The van der Waals surface area contributed by atoms with E-state index in [0.29, 0.717) is 5.82 Å². The summed E-state index contributed by atoms with van der Waals surface area (Å²) >= 11 is 3.29. The Morgan fingerprint density at radius 3 is 2.95 bits per heavy atom. The van der Waals surface area contributed by atoms with Crippen molar-refractivity contribution in [3.8, 4) is 0 Å². The number of rotatable bonds is 4. The molecule has 0 saturated carbocycles. The number of morpholine rings is 1. The van der Waals surface area contributed by atoms with Crippen LogP contribution in [0.25, 0.3) is 0 Å². The SMILES string of the molecule is O=C(/C=C/CN1CCOCC1)Nc1ccc(Br)cn1. The second-order valence-electron chi connectivity index (χ2n) is 4.17. The van der Waals surface area contributed by atoms with E-state index in [1.165, 1.54) is 0 Å². The molecule has 1 saturated heterocycles. The first-order chi connectivity index (χ1) is 9.24. The monoisotopic (exact) mass is 325 g/mol. The third kappa shape index (κ3) is 5.10. The zero-order valence-corrected chi connectivity index (χ0v) is 12.1. The van der Waals surface area contributed by atoms with Crippen LogP contribution in [0.2, 0.25) is 0 Å². The quantitative estimate of drug-likeness (QED) is 0.856. The summed E-state index contributed by atoms with van der Waals surface area (Å²) in [5, 5.41) is 2.71. The van der Waals surface area contributed by atoms with Crippen LogP contribution in [0, 0.1) is 0 Å². The molecule has 1 N–H and O–H groups in total. The van der Waals surface area contributed by atoms with E-state index in [1.54, 1.807) is 18.3 Å². The van der Waals surface area contributed by atoms with Gasteiger partial charge in [-0.1, -0.05) is 6.08 Å². The van der Waals surface area contributed by atoms with Crippen LogP contribution in [0.3, 0.4) is 0 Å². The Hall–Kier alpha value is -1.24. The van der Waals surface area contributed by atoms with E-state index in [0.717, 1.165) is 37.3 Å². The van der Waals surface area contributed by atoms with Gasteiger partial charge in [-0.05, 0) is 28.1 Å². The van der Waals surface area contributed by atoms with E-state index in [2.05, 4.69) is 31.1 Å². The van der Waals surface area contributed by atoms with Gasteiger partial charge in [0.1, 0.15) is 5.82 Å². The van der Waals surface area contributed by atoms with Gasteiger partial charge in [0.2, 0.25) is 5.91 Å². The van der Waals surface area contributed by atoms with Crippen LogP contribution in [0.15, 0.2) is 35.0 Å². The summed E-state index contributed by atoms with van der Waals surface area (Å²) in [5.41, 5.74) is 0. The van der Waals surface area contributed by atoms with Crippen molar-refractivity contribution < 1.29 is 9.53 Å². The van der Waals surface area contributed by atoms with Gasteiger partial charge in [0.25, 0.3) is 0 Å². The number of carbonyl (C=O) groups excluding carboxylic acids is 1. The van der Waals surface area contributed by atoms with Gasteiger partial charge in [0.15, 0.2) is 0 Å². The molecule has 0 aromatic carbocycles. The number of nitrogens with zero attached hydrogens (tertiary/aromatic N) is 2. The van der Waals surface area contributed by atoms with Crippen LogP contribution in [0.4, 0.5) is 5.82 Å². The summed E-state index contributed by atoms with van der Waals surface area (Å²) in [6.45, 7) is 4.14. The van der Waals surface area contributed by atoms with Gasteiger partial charge in [-0.15, -0.1) is 0 Å². The molecule has 1 aliphatic rings. The lowest BCUT2D eigenvalue weighted by atomic mass is 10.3. The highest BCUT2D eigenvalue weighted by Crippen LogP contribution is 2.10. The van der Waals surface area contributed by atoms with Gasteiger partial charge in [-0.3, -0.25) is 9.69 Å². The van der Waals surface area contributed by atoms with Crippen LogP contribution in [0.5, 0.6) is 0 Å². The Bertz CT molecular complexity index is 442. The minimum absolute atomic E-state index is 0.164. The lowest BCUT2D eigenvalue weighted by molar-refractivity contribution is -0.111. The van der Waals surface area contributed by atoms with Crippen LogP contribution in [0.1, 0.15) is 0 Å². The number of halogens is 1. The number of hydrogen-bond acceptors (Lipinski definition) is 4. The summed E-state index contributed by atoms with van der Waals surface area (Å²) in [6.07, 6.45) is 5.05. The third-order valence-electron chi connectivity index (χ3n) is 2.72. The first-order valence-electron chi connectivity index (χ1n) is 6.13. The smallest absolute Gasteiger partial charge is 0.249 e. The molecule has 0 spiro atoms. The number of amides is 1. The summed E-state index contributed by atoms with van der Waals surface area (Å²) in [4.78, 5) is 18.0. The Morgan fingerprint density at radius 1 is 1.47 bits per heavy atom. The summed E-state index contributed by atoms with van der Waals surface area (Å²) in [5.74, 6) is 0.382. The molecular weight excluding hydrogens is 310 g/mol. The zero-order valence-electron chi connectivity index (χ0n) is 10.5. The topological polar surface area (TPSA) is 54.5 Å². The molecule has 5 nitrogen and oxygen atoms in total. The summed E-state index contributed by atoms with van der Waals surface area (Å²) in [6, 6.07) is 3.58. The fraction of sp³-hybridized carbons (Fsp3) is 0.385. The van der Waals surface area contributed by atoms with Gasteiger partial charge in [0.05, 0.1) is 13.2 Å². The van der Waals surface area contributed by atoms with Crippen LogP contribution in [-0.2, 0) is 9.53 Å². The van der Waals surface area contributed by atoms with E-state index in [-0.39, 0.29) is 5.91 Å². The Morgan fingerprint density at radius 2 is 2.26 bits per heavy atom. The lowest BCUT2D eigenvalue weighted by Crippen LogP contribution is -2.36. The van der Waals surface area contributed by atoms with Crippen molar-refractivity contribution in [2.24, 2.45) is 0 Å². The first kappa shape index (κ1) is 14.2.